The summed E-state index contributed by atoms with van der Waals surface area (Å²) in [7, 11) is 0. The minimum absolute atomic E-state index is 0.0737. The number of aryl methyl sites for hydroxylation is 2. The lowest BCUT2D eigenvalue weighted by atomic mass is 9.94. The molecule has 0 atom stereocenters. The van der Waals surface area contributed by atoms with E-state index in [1.54, 1.807) is 6.20 Å². The molecule has 1 aromatic carbocycles. The van der Waals surface area contributed by atoms with Crippen LogP contribution in [0.3, 0.4) is 0 Å². The largest absolute Gasteiger partial charge is 0.336 e. The highest BCUT2D eigenvalue weighted by Crippen LogP contribution is 2.28. The monoisotopic (exact) mass is 417 g/mol. The molecule has 0 spiro atoms. The highest BCUT2D eigenvalue weighted by Gasteiger charge is 2.29. The zero-order valence-corrected chi connectivity index (χ0v) is 18.5. The molecule has 2 aliphatic rings. The van der Waals surface area contributed by atoms with Gasteiger partial charge >= 0.3 is 0 Å². The van der Waals surface area contributed by atoms with Crippen LogP contribution in [0.2, 0.25) is 0 Å². The number of nitrogens with zero attached hydrogens (tertiary/aromatic N) is 5. The molecule has 1 amide bonds. The number of hydrogen-bond donors (Lipinski definition) is 0. The van der Waals surface area contributed by atoms with E-state index in [0.29, 0.717) is 11.6 Å². The molecule has 3 aromatic rings. The van der Waals surface area contributed by atoms with Gasteiger partial charge in [0.05, 0.1) is 17.0 Å². The lowest BCUT2D eigenvalue weighted by Gasteiger charge is -2.40. The molecule has 6 nitrogen and oxygen atoms in total. The number of benzene rings is 1. The minimum atomic E-state index is 0.0737. The number of carbonyl (C=O) groups excluding carboxylic acids is 1. The van der Waals surface area contributed by atoms with Crippen molar-refractivity contribution in [3.63, 3.8) is 0 Å². The number of rotatable bonds is 3. The summed E-state index contributed by atoms with van der Waals surface area (Å²) >= 11 is 0. The summed E-state index contributed by atoms with van der Waals surface area (Å²) in [4.78, 5) is 22.6. The van der Waals surface area contributed by atoms with E-state index in [0.717, 1.165) is 54.3 Å². The average Bonchev–Trinajstić information content (AvgIpc) is 3.17. The maximum absolute atomic E-state index is 13.3. The van der Waals surface area contributed by atoms with E-state index >= 15 is 0 Å². The number of aromatic nitrogens is 3. The van der Waals surface area contributed by atoms with Gasteiger partial charge in [0.1, 0.15) is 0 Å². The van der Waals surface area contributed by atoms with Gasteiger partial charge in [0.15, 0.2) is 5.65 Å². The first kappa shape index (κ1) is 20.2. The van der Waals surface area contributed by atoms with Crippen LogP contribution in [0.15, 0.2) is 36.5 Å². The normalized spacial score (nSPS) is 18.6. The Kier molecular flexibility index (Phi) is 5.48. The van der Waals surface area contributed by atoms with Gasteiger partial charge in [0.2, 0.25) is 0 Å². The van der Waals surface area contributed by atoms with Crippen LogP contribution in [0.25, 0.3) is 16.8 Å². The van der Waals surface area contributed by atoms with Gasteiger partial charge in [-0.3, -0.25) is 9.69 Å². The zero-order valence-electron chi connectivity index (χ0n) is 18.5. The summed E-state index contributed by atoms with van der Waals surface area (Å²) in [5.41, 5.74) is 5.37. The first-order valence-electron chi connectivity index (χ1n) is 11.6. The Morgan fingerprint density at radius 2 is 1.68 bits per heavy atom. The summed E-state index contributed by atoms with van der Waals surface area (Å²) < 4.78 is 1.84. The van der Waals surface area contributed by atoms with E-state index in [-0.39, 0.29) is 5.91 Å². The van der Waals surface area contributed by atoms with Crippen LogP contribution in [-0.4, -0.2) is 62.5 Å². The Hall–Kier alpha value is -2.73. The molecule has 0 unspecified atom stereocenters. The van der Waals surface area contributed by atoms with E-state index in [2.05, 4.69) is 22.0 Å². The molecule has 2 aromatic heterocycles. The number of hydrogen-bond acceptors (Lipinski definition) is 4. The molecule has 6 heteroatoms. The van der Waals surface area contributed by atoms with Crippen molar-refractivity contribution in [1.82, 2.24) is 24.4 Å². The molecule has 162 valence electrons. The van der Waals surface area contributed by atoms with Crippen molar-refractivity contribution in [3.05, 3.63) is 53.5 Å². The van der Waals surface area contributed by atoms with Gasteiger partial charge in [0.25, 0.3) is 5.91 Å². The van der Waals surface area contributed by atoms with Crippen LogP contribution in [0.5, 0.6) is 0 Å². The quantitative estimate of drug-likeness (QED) is 0.644. The molecular weight excluding hydrogens is 386 g/mol. The van der Waals surface area contributed by atoms with Gasteiger partial charge in [-0.25, -0.2) is 9.50 Å². The molecule has 1 aliphatic carbocycles. The topological polar surface area (TPSA) is 53.7 Å². The van der Waals surface area contributed by atoms with Crippen LogP contribution in [0.1, 0.15) is 53.8 Å². The van der Waals surface area contributed by atoms with Gasteiger partial charge in [-0.1, -0.05) is 49.6 Å². The van der Waals surface area contributed by atoms with Crippen molar-refractivity contribution < 1.29 is 4.79 Å². The number of amides is 1. The maximum atomic E-state index is 13.3. The fraction of sp³-hybridized carbons (Fsp3) is 0.480. The summed E-state index contributed by atoms with van der Waals surface area (Å²) in [6, 6.07) is 10.9. The summed E-state index contributed by atoms with van der Waals surface area (Å²) in [6.07, 6.45) is 8.45. The highest BCUT2D eigenvalue weighted by molar-refractivity contribution is 5.95. The second-order valence-corrected chi connectivity index (χ2v) is 8.94. The molecule has 1 aliphatic heterocycles. The first-order valence-corrected chi connectivity index (χ1v) is 11.6. The molecule has 5 rings (SSSR count). The van der Waals surface area contributed by atoms with Crippen molar-refractivity contribution in [2.45, 2.75) is 52.0 Å². The number of carbonyl (C=O) groups is 1. The van der Waals surface area contributed by atoms with Crippen LogP contribution >= 0.6 is 0 Å². The third-order valence-electron chi connectivity index (χ3n) is 7.04. The van der Waals surface area contributed by atoms with Crippen LogP contribution in [-0.2, 0) is 0 Å². The van der Waals surface area contributed by atoms with Gasteiger partial charge in [0, 0.05) is 44.0 Å². The predicted molar refractivity (Wildman–Crippen MR) is 122 cm³/mol. The van der Waals surface area contributed by atoms with E-state index in [1.807, 2.05) is 41.5 Å². The van der Waals surface area contributed by atoms with Crippen LogP contribution in [0, 0.1) is 13.8 Å². The Labute approximate surface area is 183 Å². The summed E-state index contributed by atoms with van der Waals surface area (Å²) in [5, 5.41) is 4.73. The zero-order chi connectivity index (χ0) is 21.4. The third-order valence-corrected chi connectivity index (χ3v) is 7.04. The molecule has 2 fully saturated rings. The van der Waals surface area contributed by atoms with Gasteiger partial charge in [-0.15, -0.1) is 0 Å². The fourth-order valence-corrected chi connectivity index (χ4v) is 5.26. The lowest BCUT2D eigenvalue weighted by molar-refractivity contribution is 0.0521. The van der Waals surface area contributed by atoms with Crippen molar-refractivity contribution in [1.29, 1.82) is 0 Å². The molecule has 1 saturated heterocycles. The first-order chi connectivity index (χ1) is 15.1. The third kappa shape index (κ3) is 3.74. The molecule has 1 saturated carbocycles. The standard InChI is InChI=1S/C25H31N5O/c1-18-23(20-9-5-3-6-10-20)24-26-17-22(19(2)30(24)27-18)25(31)29-15-13-28(14-16-29)21-11-7-4-8-12-21/h3,5-6,9-10,17,21H,4,7-8,11-16H2,1-2H3. The van der Waals surface area contributed by atoms with Crippen molar-refractivity contribution in [3.8, 4) is 11.1 Å². The maximum Gasteiger partial charge on any atom is 0.257 e. The van der Waals surface area contributed by atoms with Gasteiger partial charge in [-0.2, -0.15) is 5.10 Å². The Morgan fingerprint density at radius 3 is 2.39 bits per heavy atom. The van der Waals surface area contributed by atoms with Crippen molar-refractivity contribution >= 4 is 11.6 Å². The molecule has 31 heavy (non-hydrogen) atoms. The van der Waals surface area contributed by atoms with Gasteiger partial charge in [-0.05, 0) is 32.3 Å². The van der Waals surface area contributed by atoms with Crippen LogP contribution in [0.4, 0.5) is 0 Å². The minimum Gasteiger partial charge on any atom is -0.336 e. The smallest absolute Gasteiger partial charge is 0.257 e. The summed E-state index contributed by atoms with van der Waals surface area (Å²) in [5.74, 6) is 0.0737. The van der Waals surface area contributed by atoms with Crippen LogP contribution < -0.4 is 0 Å². The van der Waals surface area contributed by atoms with Crippen molar-refractivity contribution in [2.75, 3.05) is 26.2 Å². The molecule has 0 radical (unpaired) electrons. The Morgan fingerprint density at radius 1 is 0.968 bits per heavy atom. The Balaban J connectivity index is 1.37. The predicted octanol–water partition coefficient (Wildman–Crippen LogP) is 4.10. The Bertz CT molecular complexity index is 1080. The van der Waals surface area contributed by atoms with E-state index in [1.165, 1.54) is 32.1 Å². The molecular formula is C25H31N5O. The molecule has 0 N–H and O–H groups in total. The van der Waals surface area contributed by atoms with E-state index in [4.69, 9.17) is 5.10 Å². The molecule has 0 bridgehead atoms. The fourth-order valence-electron chi connectivity index (χ4n) is 5.26. The second-order valence-electron chi connectivity index (χ2n) is 8.94. The SMILES string of the molecule is Cc1nn2c(C)c(C(=O)N3CCN(C4CCCCC4)CC3)cnc2c1-c1ccccc1. The average molecular weight is 418 g/mol. The highest BCUT2D eigenvalue weighted by atomic mass is 16.2. The summed E-state index contributed by atoms with van der Waals surface area (Å²) in [6.45, 7) is 7.51. The number of piperazine rings is 1. The van der Waals surface area contributed by atoms with E-state index < -0.39 is 0 Å². The van der Waals surface area contributed by atoms with Gasteiger partial charge < -0.3 is 4.90 Å². The second kappa shape index (κ2) is 8.42. The lowest BCUT2D eigenvalue weighted by Crippen LogP contribution is -2.52. The van der Waals surface area contributed by atoms with E-state index in [9.17, 15) is 4.79 Å². The molecule has 3 heterocycles. The number of fused-ring (bicyclic) bond motifs is 1. The van der Waals surface area contributed by atoms with Crippen molar-refractivity contribution in [2.24, 2.45) is 0 Å².